The number of hydrogen-bond donors (Lipinski definition) is 0. The zero-order valence-electron chi connectivity index (χ0n) is 9.02. The van der Waals surface area contributed by atoms with Crippen LogP contribution in [0.3, 0.4) is 0 Å². The molecule has 2 nitrogen and oxygen atoms in total. The van der Waals surface area contributed by atoms with E-state index in [1.54, 1.807) is 0 Å². The highest BCUT2D eigenvalue weighted by molar-refractivity contribution is 5.77. The minimum Gasteiger partial charge on any atom is -0.469 e. The van der Waals surface area contributed by atoms with Gasteiger partial charge in [0.05, 0.1) is 12.5 Å². The third kappa shape index (κ3) is 1.79. The van der Waals surface area contributed by atoms with E-state index in [1.165, 1.54) is 7.11 Å². The highest BCUT2D eigenvalue weighted by Gasteiger charge is 2.43. The number of carbonyl (C=O) groups is 1. The van der Waals surface area contributed by atoms with Gasteiger partial charge in [0.15, 0.2) is 0 Å². The van der Waals surface area contributed by atoms with Crippen molar-refractivity contribution < 1.29 is 9.53 Å². The molecular formula is C10H20O2. The lowest BCUT2D eigenvalue weighted by atomic mass is 9.66. The lowest BCUT2D eigenvalue weighted by Gasteiger charge is -2.38. The molecule has 0 N–H and O–H groups in total. The molecule has 1 atom stereocenters. The maximum Gasteiger partial charge on any atom is 0.312 e. The summed E-state index contributed by atoms with van der Waals surface area (Å²) in [4.78, 5) is 11.5. The molecule has 0 aliphatic carbocycles. The molecule has 0 aromatic carbocycles. The van der Waals surface area contributed by atoms with Crippen LogP contribution in [0.2, 0.25) is 0 Å². The molecular weight excluding hydrogens is 152 g/mol. The molecule has 12 heavy (non-hydrogen) atoms. The smallest absolute Gasteiger partial charge is 0.312 e. The third-order valence-corrected chi connectivity index (χ3v) is 3.00. The maximum absolute atomic E-state index is 11.5. The van der Waals surface area contributed by atoms with Gasteiger partial charge in [-0.15, -0.1) is 0 Å². The van der Waals surface area contributed by atoms with Gasteiger partial charge in [0.1, 0.15) is 0 Å². The van der Waals surface area contributed by atoms with Gasteiger partial charge in [0.2, 0.25) is 0 Å². The first-order chi connectivity index (χ1) is 5.29. The van der Waals surface area contributed by atoms with Crippen molar-refractivity contribution in [3.05, 3.63) is 0 Å². The van der Waals surface area contributed by atoms with E-state index in [1.807, 2.05) is 13.8 Å². The van der Waals surface area contributed by atoms with E-state index in [-0.39, 0.29) is 16.8 Å². The first-order valence-corrected chi connectivity index (χ1v) is 4.38. The van der Waals surface area contributed by atoms with Crippen molar-refractivity contribution >= 4 is 5.97 Å². The van der Waals surface area contributed by atoms with Gasteiger partial charge in [-0.3, -0.25) is 4.79 Å². The van der Waals surface area contributed by atoms with Crippen molar-refractivity contribution in [2.75, 3.05) is 7.11 Å². The molecule has 0 saturated carbocycles. The molecule has 0 aliphatic rings. The largest absolute Gasteiger partial charge is 0.469 e. The van der Waals surface area contributed by atoms with Gasteiger partial charge >= 0.3 is 5.97 Å². The van der Waals surface area contributed by atoms with E-state index in [0.29, 0.717) is 0 Å². The molecule has 0 aliphatic heterocycles. The monoisotopic (exact) mass is 172 g/mol. The number of esters is 1. The number of hydrogen-bond acceptors (Lipinski definition) is 2. The Kier molecular flexibility index (Phi) is 3.31. The fraction of sp³-hybridized carbons (Fsp3) is 0.900. The van der Waals surface area contributed by atoms with E-state index >= 15 is 0 Å². The van der Waals surface area contributed by atoms with Crippen LogP contribution in [0.1, 0.15) is 41.0 Å². The summed E-state index contributed by atoms with van der Waals surface area (Å²) in [6.45, 7) is 10.2. The second-order valence-corrected chi connectivity index (χ2v) is 4.43. The van der Waals surface area contributed by atoms with Gasteiger partial charge in [-0.25, -0.2) is 0 Å². The molecule has 0 rings (SSSR count). The quantitative estimate of drug-likeness (QED) is 0.598. The highest BCUT2D eigenvalue weighted by atomic mass is 16.5. The van der Waals surface area contributed by atoms with Crippen LogP contribution in [0, 0.1) is 10.8 Å². The topological polar surface area (TPSA) is 26.3 Å². The highest BCUT2D eigenvalue weighted by Crippen LogP contribution is 2.41. The lowest BCUT2D eigenvalue weighted by Crippen LogP contribution is -2.40. The van der Waals surface area contributed by atoms with Crippen LogP contribution in [-0.2, 0) is 9.53 Å². The number of carbonyl (C=O) groups excluding carboxylic acids is 1. The van der Waals surface area contributed by atoms with Gasteiger partial charge < -0.3 is 4.74 Å². The van der Waals surface area contributed by atoms with Crippen molar-refractivity contribution in [1.82, 2.24) is 0 Å². The Morgan fingerprint density at radius 2 is 1.67 bits per heavy atom. The van der Waals surface area contributed by atoms with E-state index in [4.69, 9.17) is 4.74 Å². The first-order valence-electron chi connectivity index (χ1n) is 4.38. The average Bonchev–Trinajstić information content (AvgIpc) is 1.99. The zero-order chi connectivity index (χ0) is 9.99. The predicted octanol–water partition coefficient (Wildman–Crippen LogP) is 2.62. The van der Waals surface area contributed by atoms with Crippen LogP contribution < -0.4 is 0 Å². The summed E-state index contributed by atoms with van der Waals surface area (Å²) in [6.07, 6.45) is 0.809. The van der Waals surface area contributed by atoms with Gasteiger partial charge in [-0.1, -0.05) is 27.7 Å². The van der Waals surface area contributed by atoms with Crippen LogP contribution in [0.25, 0.3) is 0 Å². The van der Waals surface area contributed by atoms with Gasteiger partial charge in [0.25, 0.3) is 0 Å². The van der Waals surface area contributed by atoms with E-state index < -0.39 is 0 Å². The number of ether oxygens (including phenoxy) is 1. The van der Waals surface area contributed by atoms with Crippen LogP contribution in [-0.4, -0.2) is 13.1 Å². The van der Waals surface area contributed by atoms with Crippen molar-refractivity contribution in [3.8, 4) is 0 Å². The van der Waals surface area contributed by atoms with E-state index in [0.717, 1.165) is 6.42 Å². The predicted molar refractivity (Wildman–Crippen MR) is 49.9 cm³/mol. The summed E-state index contributed by atoms with van der Waals surface area (Å²) in [6, 6.07) is 0. The van der Waals surface area contributed by atoms with Gasteiger partial charge in [-0.2, -0.15) is 0 Å². The Bertz CT molecular complexity index is 167. The molecule has 2 heteroatoms. The standard InChI is InChI=1S/C10H20O2/c1-7-10(5,8(11)12-6)9(2,3)4/h7H2,1-6H3. The fourth-order valence-electron chi connectivity index (χ4n) is 1.21. The Morgan fingerprint density at radius 1 is 1.25 bits per heavy atom. The summed E-state index contributed by atoms with van der Waals surface area (Å²) < 4.78 is 4.79. The molecule has 0 radical (unpaired) electrons. The molecule has 0 aromatic rings. The van der Waals surface area contributed by atoms with Crippen LogP contribution >= 0.6 is 0 Å². The Hall–Kier alpha value is -0.530. The molecule has 0 saturated heterocycles. The molecule has 0 bridgehead atoms. The van der Waals surface area contributed by atoms with E-state index in [2.05, 4.69) is 20.8 Å². The fourth-order valence-corrected chi connectivity index (χ4v) is 1.21. The van der Waals surface area contributed by atoms with Gasteiger partial charge in [0, 0.05) is 0 Å². The summed E-state index contributed by atoms with van der Waals surface area (Å²) in [5.74, 6) is -0.113. The van der Waals surface area contributed by atoms with Crippen molar-refractivity contribution in [2.24, 2.45) is 10.8 Å². The van der Waals surface area contributed by atoms with Crippen molar-refractivity contribution in [1.29, 1.82) is 0 Å². The summed E-state index contributed by atoms with van der Waals surface area (Å²) in [7, 11) is 1.45. The second-order valence-electron chi connectivity index (χ2n) is 4.43. The molecule has 0 fully saturated rings. The van der Waals surface area contributed by atoms with Crippen molar-refractivity contribution in [2.45, 2.75) is 41.0 Å². The molecule has 0 heterocycles. The normalized spacial score (nSPS) is 16.8. The number of rotatable bonds is 2. The first kappa shape index (κ1) is 11.5. The maximum atomic E-state index is 11.5. The van der Waals surface area contributed by atoms with Crippen LogP contribution in [0.15, 0.2) is 0 Å². The summed E-state index contributed by atoms with van der Waals surface area (Å²) >= 11 is 0. The Balaban J connectivity index is 4.80. The van der Waals surface area contributed by atoms with Crippen LogP contribution in [0.4, 0.5) is 0 Å². The molecule has 0 aromatic heterocycles. The van der Waals surface area contributed by atoms with Crippen LogP contribution in [0.5, 0.6) is 0 Å². The second kappa shape index (κ2) is 3.46. The molecule has 0 spiro atoms. The minimum absolute atomic E-state index is 0.0468. The Morgan fingerprint density at radius 3 is 1.75 bits per heavy atom. The minimum atomic E-state index is -0.373. The third-order valence-electron chi connectivity index (χ3n) is 3.00. The molecule has 1 unspecified atom stereocenters. The summed E-state index contributed by atoms with van der Waals surface area (Å²) in [5, 5.41) is 0. The SMILES string of the molecule is CCC(C)(C(=O)OC)C(C)(C)C. The Labute approximate surface area is 75.3 Å². The average molecular weight is 172 g/mol. The van der Waals surface area contributed by atoms with Crippen molar-refractivity contribution in [3.63, 3.8) is 0 Å². The van der Waals surface area contributed by atoms with E-state index in [9.17, 15) is 4.79 Å². The molecule has 72 valence electrons. The molecule has 0 amide bonds. The number of methoxy groups -OCH3 is 1. The lowest BCUT2D eigenvalue weighted by molar-refractivity contribution is -0.158. The zero-order valence-corrected chi connectivity index (χ0v) is 9.02. The summed E-state index contributed by atoms with van der Waals surface area (Å²) in [5.41, 5.74) is -0.420. The van der Waals surface area contributed by atoms with Gasteiger partial charge in [-0.05, 0) is 18.8 Å².